The van der Waals surface area contributed by atoms with Gasteiger partial charge < -0.3 is 10.2 Å². The van der Waals surface area contributed by atoms with Gasteiger partial charge in [-0.05, 0) is 38.0 Å². The Morgan fingerprint density at radius 1 is 1.16 bits per heavy atom. The van der Waals surface area contributed by atoms with Gasteiger partial charge in [0.1, 0.15) is 0 Å². The number of benzene rings is 1. The van der Waals surface area contributed by atoms with Crippen LogP contribution in [-0.2, 0) is 25.8 Å². The molecule has 0 bridgehead atoms. The third kappa shape index (κ3) is 6.17. The van der Waals surface area contributed by atoms with E-state index in [1.165, 1.54) is 4.90 Å². The topological polar surface area (TPSA) is 98.8 Å². The van der Waals surface area contributed by atoms with Crippen molar-refractivity contribution in [2.45, 2.75) is 42.9 Å². The van der Waals surface area contributed by atoms with Crippen LogP contribution in [-0.4, -0.2) is 74.8 Å². The van der Waals surface area contributed by atoms with Crippen molar-refractivity contribution in [3.8, 4) is 0 Å². The van der Waals surface area contributed by atoms with E-state index in [0.29, 0.717) is 32.2 Å². The number of sulfonamides is 1. The second-order valence-electron chi connectivity index (χ2n) is 7.73. The van der Waals surface area contributed by atoms with Crippen molar-refractivity contribution >= 4 is 21.8 Å². The number of rotatable bonds is 7. The van der Waals surface area contributed by atoms with Crippen molar-refractivity contribution < 1.29 is 31.2 Å². The molecular weight excluding hydrogens is 437 g/mol. The smallest absolute Gasteiger partial charge is 0.352 e. The summed E-state index contributed by atoms with van der Waals surface area (Å²) in [6.45, 7) is 2.82. The third-order valence-electron chi connectivity index (χ3n) is 5.40. The van der Waals surface area contributed by atoms with Crippen LogP contribution in [0.1, 0.15) is 25.3 Å². The number of halogens is 3. The summed E-state index contributed by atoms with van der Waals surface area (Å²) in [5.74, 6) is -0.526. The van der Waals surface area contributed by atoms with Crippen LogP contribution in [0.3, 0.4) is 0 Å². The zero-order valence-corrected chi connectivity index (χ0v) is 17.8. The van der Waals surface area contributed by atoms with Crippen molar-refractivity contribution in [1.29, 1.82) is 0 Å². The highest BCUT2D eigenvalue weighted by atomic mass is 32.2. The zero-order chi connectivity index (χ0) is 22.8. The second kappa shape index (κ2) is 9.13. The molecule has 0 aromatic heterocycles. The maximum absolute atomic E-state index is 12.8. The Morgan fingerprint density at radius 3 is 2.39 bits per heavy atom. The van der Waals surface area contributed by atoms with Crippen molar-refractivity contribution in [1.82, 2.24) is 19.8 Å². The van der Waals surface area contributed by atoms with Crippen LogP contribution in [0, 0.1) is 0 Å². The van der Waals surface area contributed by atoms with Crippen molar-refractivity contribution in [3.63, 3.8) is 0 Å². The molecule has 2 N–H and O–H groups in total. The van der Waals surface area contributed by atoms with E-state index in [2.05, 4.69) is 10.0 Å². The number of alkyl halides is 3. The standard InChI is InChI=1S/C19H25F3N4O4S/c1-13(18(28)24-15-5-6-15)25-7-9-26(10-8-25)17(27)12-23-31(29,30)16-4-2-3-14(11-16)19(20,21)22/h2-4,11,13,15,23H,5-10,12H2,1H3,(H,24,28). The molecule has 1 aliphatic heterocycles. The number of carbonyl (C=O) groups excluding carboxylic acids is 2. The summed E-state index contributed by atoms with van der Waals surface area (Å²) in [4.78, 5) is 27.4. The van der Waals surface area contributed by atoms with Gasteiger partial charge in [-0.2, -0.15) is 13.2 Å². The minimum absolute atomic E-state index is 0.0453. The molecule has 172 valence electrons. The highest BCUT2D eigenvalue weighted by molar-refractivity contribution is 7.89. The SMILES string of the molecule is CC(C(=O)NC1CC1)N1CCN(C(=O)CNS(=O)(=O)c2cccc(C(F)(F)F)c2)CC1. The van der Waals surface area contributed by atoms with Crippen molar-refractivity contribution in [3.05, 3.63) is 29.8 Å². The van der Waals surface area contributed by atoms with Gasteiger partial charge in [0.05, 0.1) is 23.0 Å². The molecule has 1 atom stereocenters. The fraction of sp³-hybridized carbons (Fsp3) is 0.579. The van der Waals surface area contributed by atoms with E-state index in [-0.39, 0.29) is 18.0 Å². The number of hydrogen-bond donors (Lipinski definition) is 2. The van der Waals surface area contributed by atoms with Crippen LogP contribution in [0.15, 0.2) is 29.2 Å². The Morgan fingerprint density at radius 2 is 1.81 bits per heavy atom. The molecule has 12 heteroatoms. The van der Waals surface area contributed by atoms with Crippen LogP contribution >= 0.6 is 0 Å². The van der Waals surface area contributed by atoms with Gasteiger partial charge in [0, 0.05) is 32.2 Å². The largest absolute Gasteiger partial charge is 0.416 e. The molecule has 1 heterocycles. The van der Waals surface area contributed by atoms with E-state index < -0.39 is 39.1 Å². The quantitative estimate of drug-likeness (QED) is 0.625. The van der Waals surface area contributed by atoms with E-state index >= 15 is 0 Å². The molecule has 1 saturated carbocycles. The van der Waals surface area contributed by atoms with Crippen LogP contribution in [0.4, 0.5) is 13.2 Å². The highest BCUT2D eigenvalue weighted by Crippen LogP contribution is 2.30. The molecule has 0 spiro atoms. The monoisotopic (exact) mass is 462 g/mol. The average Bonchev–Trinajstić information content (AvgIpc) is 3.55. The van der Waals surface area contributed by atoms with Gasteiger partial charge >= 0.3 is 6.18 Å². The van der Waals surface area contributed by atoms with E-state index in [0.717, 1.165) is 31.0 Å². The fourth-order valence-corrected chi connectivity index (χ4v) is 4.29. The number of nitrogens with zero attached hydrogens (tertiary/aromatic N) is 2. The van der Waals surface area contributed by atoms with E-state index in [4.69, 9.17) is 0 Å². The highest BCUT2D eigenvalue weighted by Gasteiger charge is 2.33. The molecule has 1 saturated heterocycles. The van der Waals surface area contributed by atoms with Gasteiger partial charge in [0.25, 0.3) is 0 Å². The zero-order valence-electron chi connectivity index (χ0n) is 17.0. The minimum Gasteiger partial charge on any atom is -0.352 e. The third-order valence-corrected chi connectivity index (χ3v) is 6.80. The van der Waals surface area contributed by atoms with E-state index in [9.17, 15) is 31.2 Å². The summed E-state index contributed by atoms with van der Waals surface area (Å²) < 4.78 is 65.1. The first-order chi connectivity index (χ1) is 14.5. The Labute approximate surface area is 178 Å². The van der Waals surface area contributed by atoms with Crippen LogP contribution in [0.25, 0.3) is 0 Å². The maximum Gasteiger partial charge on any atom is 0.416 e. The van der Waals surface area contributed by atoms with Crippen LogP contribution < -0.4 is 10.0 Å². The summed E-state index contributed by atoms with van der Waals surface area (Å²) in [6.07, 6.45) is -2.68. The predicted molar refractivity (Wildman–Crippen MR) is 105 cm³/mol. The van der Waals surface area contributed by atoms with E-state index in [1.54, 1.807) is 6.92 Å². The van der Waals surface area contributed by atoms with Gasteiger partial charge in [0.2, 0.25) is 21.8 Å². The molecular formula is C19H25F3N4O4S. The second-order valence-corrected chi connectivity index (χ2v) is 9.49. The molecule has 1 aliphatic carbocycles. The lowest BCUT2D eigenvalue weighted by Crippen LogP contribution is -2.56. The van der Waals surface area contributed by atoms with Gasteiger partial charge in [-0.1, -0.05) is 6.07 Å². The van der Waals surface area contributed by atoms with Gasteiger partial charge in [-0.15, -0.1) is 0 Å². The molecule has 0 radical (unpaired) electrons. The number of hydrogen-bond acceptors (Lipinski definition) is 5. The van der Waals surface area contributed by atoms with Crippen molar-refractivity contribution in [2.24, 2.45) is 0 Å². The Bertz CT molecular complexity index is 926. The first kappa shape index (κ1) is 23.5. The number of carbonyl (C=O) groups is 2. The van der Waals surface area contributed by atoms with Gasteiger partial charge in [-0.3, -0.25) is 14.5 Å². The molecule has 3 rings (SSSR count). The first-order valence-corrected chi connectivity index (χ1v) is 11.4. The molecule has 1 aromatic rings. The molecule has 1 aromatic carbocycles. The summed E-state index contributed by atoms with van der Waals surface area (Å²) in [5, 5.41) is 2.94. The summed E-state index contributed by atoms with van der Waals surface area (Å²) in [5.41, 5.74) is -1.09. The Balaban J connectivity index is 1.50. The Hall–Kier alpha value is -2.18. The molecule has 2 amide bonds. The van der Waals surface area contributed by atoms with Crippen LogP contribution in [0.5, 0.6) is 0 Å². The molecule has 2 fully saturated rings. The minimum atomic E-state index is -4.67. The van der Waals surface area contributed by atoms with Gasteiger partial charge in [-0.25, -0.2) is 13.1 Å². The lowest BCUT2D eigenvalue weighted by Gasteiger charge is -2.37. The number of piperazine rings is 1. The van der Waals surface area contributed by atoms with Gasteiger partial charge in [0.15, 0.2) is 0 Å². The summed E-state index contributed by atoms with van der Waals surface area (Å²) in [7, 11) is -4.28. The maximum atomic E-state index is 12.8. The van der Waals surface area contributed by atoms with Crippen molar-refractivity contribution in [2.75, 3.05) is 32.7 Å². The Kier molecular flexibility index (Phi) is 6.92. The summed E-state index contributed by atoms with van der Waals surface area (Å²) in [6, 6.07) is 3.28. The fourth-order valence-electron chi connectivity index (χ4n) is 3.27. The van der Waals surface area contributed by atoms with Crippen LogP contribution in [0.2, 0.25) is 0 Å². The normalized spacial score (nSPS) is 19.2. The molecule has 8 nitrogen and oxygen atoms in total. The number of nitrogens with one attached hydrogen (secondary N) is 2. The lowest BCUT2D eigenvalue weighted by molar-refractivity contribution is -0.138. The first-order valence-electron chi connectivity index (χ1n) is 9.96. The summed E-state index contributed by atoms with van der Waals surface area (Å²) >= 11 is 0. The predicted octanol–water partition coefficient (Wildman–Crippen LogP) is 0.795. The lowest BCUT2D eigenvalue weighted by atomic mass is 10.2. The number of amides is 2. The van der Waals surface area contributed by atoms with E-state index in [1.807, 2.05) is 4.90 Å². The molecule has 2 aliphatic rings. The molecule has 1 unspecified atom stereocenters. The average molecular weight is 462 g/mol. The molecule has 31 heavy (non-hydrogen) atoms.